The second kappa shape index (κ2) is 5.68. The average molecular weight is 211 g/mol. The molecular formula is C11H18FN3. The molecule has 0 aromatic heterocycles. The van der Waals surface area contributed by atoms with Crippen LogP contribution in [-0.4, -0.2) is 32.1 Å². The molecule has 1 aromatic rings. The van der Waals surface area contributed by atoms with E-state index in [9.17, 15) is 4.39 Å². The summed E-state index contributed by atoms with van der Waals surface area (Å²) in [5.74, 6) is -0.242. The Bertz CT molecular complexity index is 313. The van der Waals surface area contributed by atoms with Gasteiger partial charge in [-0.3, -0.25) is 0 Å². The summed E-state index contributed by atoms with van der Waals surface area (Å²) in [6.07, 6.45) is 0. The van der Waals surface area contributed by atoms with Gasteiger partial charge in [0.2, 0.25) is 0 Å². The van der Waals surface area contributed by atoms with Gasteiger partial charge in [-0.2, -0.15) is 0 Å². The van der Waals surface area contributed by atoms with Gasteiger partial charge in [0, 0.05) is 25.3 Å². The first-order chi connectivity index (χ1) is 7.13. The second-order valence-corrected chi connectivity index (χ2v) is 3.74. The van der Waals surface area contributed by atoms with Crippen molar-refractivity contribution in [3.63, 3.8) is 0 Å². The zero-order chi connectivity index (χ0) is 11.3. The van der Waals surface area contributed by atoms with Crippen LogP contribution in [0.5, 0.6) is 0 Å². The Labute approximate surface area is 90.1 Å². The lowest BCUT2D eigenvalue weighted by molar-refractivity contribution is 0.425. The molecule has 3 nitrogen and oxygen atoms in total. The summed E-state index contributed by atoms with van der Waals surface area (Å²) in [5, 5.41) is 3.23. The summed E-state index contributed by atoms with van der Waals surface area (Å²) in [7, 11) is 4.02. The molecule has 84 valence electrons. The number of hydrogen-bond donors (Lipinski definition) is 2. The predicted molar refractivity (Wildman–Crippen MR) is 61.3 cm³/mol. The molecule has 1 rings (SSSR count). The number of hydrogen-bond acceptors (Lipinski definition) is 3. The van der Waals surface area contributed by atoms with Gasteiger partial charge < -0.3 is 16.0 Å². The van der Waals surface area contributed by atoms with Gasteiger partial charge in [-0.15, -0.1) is 0 Å². The Kier molecular flexibility index (Phi) is 4.52. The van der Waals surface area contributed by atoms with Crippen LogP contribution in [0.1, 0.15) is 5.56 Å². The molecule has 0 saturated carbocycles. The van der Waals surface area contributed by atoms with Gasteiger partial charge in [-0.1, -0.05) is 0 Å². The summed E-state index contributed by atoms with van der Waals surface area (Å²) in [5.41, 5.74) is 7.26. The number of halogens is 1. The van der Waals surface area contributed by atoms with Crippen LogP contribution < -0.4 is 11.1 Å². The first-order valence-electron chi connectivity index (χ1n) is 5.00. The first-order valence-corrected chi connectivity index (χ1v) is 5.00. The van der Waals surface area contributed by atoms with Crippen LogP contribution in [0, 0.1) is 5.82 Å². The number of benzene rings is 1. The number of nitrogens with zero attached hydrogens (tertiary/aromatic N) is 1. The van der Waals surface area contributed by atoms with E-state index in [0.717, 1.165) is 24.3 Å². The van der Waals surface area contributed by atoms with Crippen molar-refractivity contribution in [2.45, 2.75) is 6.54 Å². The van der Waals surface area contributed by atoms with Crippen LogP contribution in [0.25, 0.3) is 0 Å². The first kappa shape index (κ1) is 11.9. The topological polar surface area (TPSA) is 41.3 Å². The fraction of sp³-hybridized carbons (Fsp3) is 0.455. The molecule has 0 amide bonds. The molecule has 0 aliphatic rings. The maximum atomic E-state index is 12.9. The quantitative estimate of drug-likeness (QED) is 0.770. The zero-order valence-corrected chi connectivity index (χ0v) is 9.26. The summed E-state index contributed by atoms with van der Waals surface area (Å²) in [4.78, 5) is 2.08. The normalized spacial score (nSPS) is 10.7. The molecule has 0 radical (unpaired) electrons. The van der Waals surface area contributed by atoms with Crippen molar-refractivity contribution in [2.24, 2.45) is 5.73 Å². The monoisotopic (exact) mass is 211 g/mol. The molecule has 0 aliphatic carbocycles. The van der Waals surface area contributed by atoms with Crippen LogP contribution in [0.2, 0.25) is 0 Å². The maximum Gasteiger partial charge on any atom is 0.123 e. The Morgan fingerprint density at radius 3 is 2.73 bits per heavy atom. The van der Waals surface area contributed by atoms with E-state index in [0.29, 0.717) is 6.54 Å². The highest BCUT2D eigenvalue weighted by Crippen LogP contribution is 2.15. The largest absolute Gasteiger partial charge is 0.383 e. The summed E-state index contributed by atoms with van der Waals surface area (Å²) in [6, 6.07) is 4.64. The average Bonchev–Trinajstić information content (AvgIpc) is 2.19. The van der Waals surface area contributed by atoms with Gasteiger partial charge in [-0.05, 0) is 37.9 Å². The molecule has 0 aliphatic heterocycles. The number of nitrogens with one attached hydrogen (secondary N) is 1. The van der Waals surface area contributed by atoms with Gasteiger partial charge in [0.1, 0.15) is 5.82 Å². The lowest BCUT2D eigenvalue weighted by Gasteiger charge is -2.13. The molecular weight excluding hydrogens is 193 g/mol. The van der Waals surface area contributed by atoms with E-state index >= 15 is 0 Å². The third-order valence-corrected chi connectivity index (χ3v) is 2.16. The van der Waals surface area contributed by atoms with Crippen molar-refractivity contribution >= 4 is 5.69 Å². The Morgan fingerprint density at radius 1 is 1.40 bits per heavy atom. The Hall–Kier alpha value is -1.13. The lowest BCUT2D eigenvalue weighted by Crippen LogP contribution is -2.21. The van der Waals surface area contributed by atoms with Crippen LogP contribution in [0.4, 0.5) is 10.1 Å². The summed E-state index contributed by atoms with van der Waals surface area (Å²) >= 11 is 0. The smallest absolute Gasteiger partial charge is 0.123 e. The molecule has 0 fully saturated rings. The third kappa shape index (κ3) is 3.85. The van der Waals surface area contributed by atoms with Crippen molar-refractivity contribution < 1.29 is 4.39 Å². The minimum atomic E-state index is -0.242. The standard InChI is InChI=1S/C11H18FN3/c1-15(2)6-5-14-11-4-3-10(12)7-9(11)8-13/h3-4,7,14H,5-6,8,13H2,1-2H3. The van der Waals surface area contributed by atoms with Gasteiger partial charge >= 0.3 is 0 Å². The van der Waals surface area contributed by atoms with Crippen LogP contribution in [0.3, 0.4) is 0 Å². The van der Waals surface area contributed by atoms with E-state index in [1.165, 1.54) is 12.1 Å². The fourth-order valence-electron chi connectivity index (χ4n) is 1.32. The fourth-order valence-corrected chi connectivity index (χ4v) is 1.32. The van der Waals surface area contributed by atoms with Crippen LogP contribution in [0.15, 0.2) is 18.2 Å². The highest BCUT2D eigenvalue weighted by molar-refractivity contribution is 5.51. The van der Waals surface area contributed by atoms with Gasteiger partial charge in [-0.25, -0.2) is 4.39 Å². The molecule has 0 saturated heterocycles. The molecule has 1 aromatic carbocycles. The summed E-state index contributed by atoms with van der Waals surface area (Å²) in [6.45, 7) is 2.11. The molecule has 3 N–H and O–H groups in total. The van der Waals surface area contributed by atoms with Gasteiger partial charge in [0.25, 0.3) is 0 Å². The maximum absolute atomic E-state index is 12.9. The number of likely N-dealkylation sites (N-methyl/N-ethyl adjacent to an activating group) is 1. The van der Waals surface area contributed by atoms with Crippen molar-refractivity contribution in [1.29, 1.82) is 0 Å². The van der Waals surface area contributed by atoms with Crippen LogP contribution in [-0.2, 0) is 6.54 Å². The molecule has 0 atom stereocenters. The molecule has 4 heteroatoms. The van der Waals surface area contributed by atoms with Gasteiger partial charge in [0.15, 0.2) is 0 Å². The van der Waals surface area contributed by atoms with E-state index < -0.39 is 0 Å². The number of nitrogens with two attached hydrogens (primary N) is 1. The third-order valence-electron chi connectivity index (χ3n) is 2.16. The van der Waals surface area contributed by atoms with E-state index in [4.69, 9.17) is 5.73 Å². The summed E-state index contributed by atoms with van der Waals surface area (Å²) < 4.78 is 12.9. The second-order valence-electron chi connectivity index (χ2n) is 3.74. The van der Waals surface area contributed by atoms with Gasteiger partial charge in [0.05, 0.1) is 0 Å². The van der Waals surface area contributed by atoms with Crippen molar-refractivity contribution in [3.05, 3.63) is 29.6 Å². The zero-order valence-electron chi connectivity index (χ0n) is 9.26. The van der Waals surface area contributed by atoms with Crippen molar-refractivity contribution in [1.82, 2.24) is 4.90 Å². The predicted octanol–water partition coefficient (Wildman–Crippen LogP) is 1.26. The molecule has 0 bridgehead atoms. The Morgan fingerprint density at radius 2 is 2.13 bits per heavy atom. The lowest BCUT2D eigenvalue weighted by atomic mass is 10.1. The van der Waals surface area contributed by atoms with E-state index in [2.05, 4.69) is 10.2 Å². The minimum Gasteiger partial charge on any atom is -0.383 e. The molecule has 0 unspecified atom stereocenters. The van der Waals surface area contributed by atoms with Crippen molar-refractivity contribution in [2.75, 3.05) is 32.5 Å². The molecule has 0 spiro atoms. The van der Waals surface area contributed by atoms with E-state index in [1.54, 1.807) is 6.07 Å². The highest BCUT2D eigenvalue weighted by atomic mass is 19.1. The van der Waals surface area contributed by atoms with E-state index in [1.807, 2.05) is 14.1 Å². The highest BCUT2D eigenvalue weighted by Gasteiger charge is 2.01. The molecule has 0 heterocycles. The molecule has 15 heavy (non-hydrogen) atoms. The Balaban J connectivity index is 2.60. The number of rotatable bonds is 5. The minimum absolute atomic E-state index is 0.242. The van der Waals surface area contributed by atoms with E-state index in [-0.39, 0.29) is 5.82 Å². The van der Waals surface area contributed by atoms with Crippen molar-refractivity contribution in [3.8, 4) is 0 Å². The SMILES string of the molecule is CN(C)CCNc1ccc(F)cc1CN. The number of anilines is 1. The van der Waals surface area contributed by atoms with Crippen LogP contribution >= 0.6 is 0 Å².